The average molecular weight is 235 g/mol. The summed E-state index contributed by atoms with van der Waals surface area (Å²) < 4.78 is 10.4. The number of nitrogens with zero attached hydrogens (tertiary/aromatic N) is 2. The fourth-order valence-electron chi connectivity index (χ4n) is 1.27. The van der Waals surface area contributed by atoms with E-state index < -0.39 is 11.7 Å². The van der Waals surface area contributed by atoms with Crippen LogP contribution in [0.15, 0.2) is 33.5 Å². The van der Waals surface area contributed by atoms with Crippen molar-refractivity contribution in [3.8, 4) is 11.8 Å². The summed E-state index contributed by atoms with van der Waals surface area (Å²) in [6, 6.07) is 6.05. The molecule has 7 nitrogen and oxygen atoms in total. The van der Waals surface area contributed by atoms with Crippen molar-refractivity contribution in [2.75, 3.05) is 7.11 Å². The molecule has 7 heteroatoms. The lowest BCUT2D eigenvalue weighted by Crippen LogP contribution is -2.14. The normalized spacial score (nSPS) is 10.2. The van der Waals surface area contributed by atoms with Gasteiger partial charge in [0.05, 0.1) is 12.8 Å². The standard InChI is InChI=1S/C10H9N3O4/c1-16-9-12-13(10(15)17-9)7-4-2-6(3-5-7)8(11)14/h2-5H,1H3,(H2,11,14). The molecule has 0 saturated heterocycles. The Bertz CT molecular complexity index is 597. The molecule has 0 aliphatic rings. The van der Waals surface area contributed by atoms with Crippen LogP contribution in [0.5, 0.6) is 6.08 Å². The van der Waals surface area contributed by atoms with E-state index >= 15 is 0 Å². The van der Waals surface area contributed by atoms with Gasteiger partial charge in [0.2, 0.25) is 5.91 Å². The third-order valence-corrected chi connectivity index (χ3v) is 2.10. The summed E-state index contributed by atoms with van der Waals surface area (Å²) >= 11 is 0. The molecule has 1 aromatic carbocycles. The number of nitrogens with two attached hydrogens (primary N) is 1. The number of ether oxygens (including phenoxy) is 1. The van der Waals surface area contributed by atoms with E-state index in [1.54, 1.807) is 0 Å². The third-order valence-electron chi connectivity index (χ3n) is 2.10. The van der Waals surface area contributed by atoms with Gasteiger partial charge in [0.1, 0.15) is 0 Å². The molecule has 2 N–H and O–H groups in total. The van der Waals surface area contributed by atoms with Crippen LogP contribution in [0.25, 0.3) is 5.69 Å². The molecular formula is C10H9N3O4. The average Bonchev–Trinajstić information content (AvgIpc) is 2.71. The quantitative estimate of drug-likeness (QED) is 0.802. The number of amides is 1. The molecule has 88 valence electrons. The zero-order valence-electron chi connectivity index (χ0n) is 8.91. The number of carbonyl (C=O) groups excluding carboxylic acids is 1. The summed E-state index contributed by atoms with van der Waals surface area (Å²) in [5, 5.41) is 3.77. The monoisotopic (exact) mass is 235 g/mol. The zero-order valence-corrected chi connectivity index (χ0v) is 8.91. The molecule has 0 atom stereocenters. The number of carbonyl (C=O) groups is 1. The molecule has 17 heavy (non-hydrogen) atoms. The highest BCUT2D eigenvalue weighted by atomic mass is 16.6. The molecule has 0 fully saturated rings. The van der Waals surface area contributed by atoms with Crippen LogP contribution in [0, 0.1) is 0 Å². The minimum absolute atomic E-state index is 0.131. The van der Waals surface area contributed by atoms with Crippen molar-refractivity contribution >= 4 is 5.91 Å². The Kier molecular flexibility index (Phi) is 2.65. The largest absolute Gasteiger partial charge is 0.452 e. The van der Waals surface area contributed by atoms with Crippen LogP contribution in [0.1, 0.15) is 10.4 Å². The van der Waals surface area contributed by atoms with E-state index in [1.807, 2.05) is 0 Å². The second-order valence-electron chi connectivity index (χ2n) is 3.16. The van der Waals surface area contributed by atoms with Crippen LogP contribution in [-0.2, 0) is 0 Å². The summed E-state index contributed by atoms with van der Waals surface area (Å²) in [5.41, 5.74) is 5.89. The van der Waals surface area contributed by atoms with Gasteiger partial charge >= 0.3 is 11.8 Å². The lowest BCUT2D eigenvalue weighted by atomic mass is 10.2. The van der Waals surface area contributed by atoms with Crippen LogP contribution in [-0.4, -0.2) is 22.8 Å². The molecule has 1 amide bonds. The van der Waals surface area contributed by atoms with Gasteiger partial charge in [-0.3, -0.25) is 4.79 Å². The highest BCUT2D eigenvalue weighted by molar-refractivity contribution is 5.92. The van der Waals surface area contributed by atoms with Gasteiger partial charge in [-0.15, -0.1) is 0 Å². The third kappa shape index (κ3) is 2.03. The van der Waals surface area contributed by atoms with E-state index in [0.717, 1.165) is 4.68 Å². The van der Waals surface area contributed by atoms with Crippen molar-refractivity contribution in [2.45, 2.75) is 0 Å². The Morgan fingerprint density at radius 2 is 2.06 bits per heavy atom. The number of hydrogen-bond donors (Lipinski definition) is 1. The summed E-state index contributed by atoms with van der Waals surface area (Å²) in [6.45, 7) is 0. The maximum absolute atomic E-state index is 11.4. The van der Waals surface area contributed by atoms with E-state index in [9.17, 15) is 9.59 Å². The summed E-state index contributed by atoms with van der Waals surface area (Å²) in [6.07, 6.45) is -0.131. The molecule has 0 aliphatic heterocycles. The fraction of sp³-hybridized carbons (Fsp3) is 0.100. The van der Waals surface area contributed by atoms with Crippen molar-refractivity contribution < 1.29 is 13.9 Å². The number of primary amides is 1. The fourth-order valence-corrected chi connectivity index (χ4v) is 1.27. The van der Waals surface area contributed by atoms with E-state index in [4.69, 9.17) is 5.73 Å². The maximum Gasteiger partial charge on any atom is 0.444 e. The van der Waals surface area contributed by atoms with Gasteiger partial charge in [0.15, 0.2) is 0 Å². The van der Waals surface area contributed by atoms with E-state index in [0.29, 0.717) is 11.3 Å². The highest BCUT2D eigenvalue weighted by Crippen LogP contribution is 2.09. The zero-order chi connectivity index (χ0) is 12.4. The summed E-state index contributed by atoms with van der Waals surface area (Å²) in [7, 11) is 1.34. The number of hydrogen-bond acceptors (Lipinski definition) is 5. The molecule has 0 unspecified atom stereocenters. The van der Waals surface area contributed by atoms with Gasteiger partial charge < -0.3 is 14.9 Å². The van der Waals surface area contributed by atoms with Gasteiger partial charge in [-0.1, -0.05) is 5.10 Å². The van der Waals surface area contributed by atoms with Crippen molar-refractivity contribution in [1.29, 1.82) is 0 Å². The first-order valence-corrected chi connectivity index (χ1v) is 4.66. The van der Waals surface area contributed by atoms with Crippen LogP contribution < -0.4 is 16.2 Å². The van der Waals surface area contributed by atoms with Crippen LogP contribution in [0.3, 0.4) is 0 Å². The molecule has 2 aromatic rings. The minimum atomic E-state index is -0.673. The van der Waals surface area contributed by atoms with Crippen LogP contribution in [0.4, 0.5) is 0 Å². The SMILES string of the molecule is COc1nn(-c2ccc(C(N)=O)cc2)c(=O)o1. The Balaban J connectivity index is 2.42. The molecule has 1 heterocycles. The first-order chi connectivity index (χ1) is 8.11. The minimum Gasteiger partial charge on any atom is -0.452 e. The van der Waals surface area contributed by atoms with Gasteiger partial charge in [-0.25, -0.2) is 4.79 Å². The number of aromatic nitrogens is 2. The number of benzene rings is 1. The Morgan fingerprint density at radius 3 is 2.53 bits per heavy atom. The van der Waals surface area contributed by atoms with Crippen molar-refractivity contribution in [3.63, 3.8) is 0 Å². The van der Waals surface area contributed by atoms with E-state index in [1.165, 1.54) is 31.4 Å². The smallest absolute Gasteiger partial charge is 0.444 e. The molecule has 0 radical (unpaired) electrons. The van der Waals surface area contributed by atoms with Crippen molar-refractivity contribution in [1.82, 2.24) is 9.78 Å². The Labute approximate surface area is 95.4 Å². The Morgan fingerprint density at radius 1 is 1.41 bits per heavy atom. The predicted octanol–water partition coefficient (Wildman–Crippen LogP) is -0.0670. The van der Waals surface area contributed by atoms with Crippen LogP contribution in [0.2, 0.25) is 0 Å². The summed E-state index contributed by atoms with van der Waals surface area (Å²) in [4.78, 5) is 22.2. The molecule has 0 saturated carbocycles. The lowest BCUT2D eigenvalue weighted by Gasteiger charge is -1.99. The van der Waals surface area contributed by atoms with Gasteiger partial charge in [0, 0.05) is 5.56 Å². The molecular weight excluding hydrogens is 226 g/mol. The molecule has 1 aromatic heterocycles. The maximum atomic E-state index is 11.4. The topological polar surface area (TPSA) is 100 Å². The Hall–Kier alpha value is -2.57. The van der Waals surface area contributed by atoms with Gasteiger partial charge in [-0.2, -0.15) is 4.68 Å². The van der Waals surface area contributed by atoms with E-state index in [-0.39, 0.29) is 6.08 Å². The van der Waals surface area contributed by atoms with Crippen LogP contribution >= 0.6 is 0 Å². The molecule has 0 spiro atoms. The van der Waals surface area contributed by atoms with E-state index in [2.05, 4.69) is 14.3 Å². The number of rotatable bonds is 3. The molecule has 2 rings (SSSR count). The first-order valence-electron chi connectivity index (χ1n) is 4.66. The number of methoxy groups -OCH3 is 1. The second kappa shape index (κ2) is 4.12. The first kappa shape index (κ1) is 10.9. The van der Waals surface area contributed by atoms with Gasteiger partial charge in [0.25, 0.3) is 0 Å². The summed E-state index contributed by atoms with van der Waals surface area (Å²) in [5.74, 6) is -1.21. The molecule has 0 bridgehead atoms. The van der Waals surface area contributed by atoms with Gasteiger partial charge in [-0.05, 0) is 24.3 Å². The lowest BCUT2D eigenvalue weighted by molar-refractivity contribution is 0.100. The van der Waals surface area contributed by atoms with Crippen molar-refractivity contribution in [3.05, 3.63) is 40.4 Å². The van der Waals surface area contributed by atoms with Crippen molar-refractivity contribution in [2.24, 2.45) is 5.73 Å². The molecule has 0 aliphatic carbocycles. The predicted molar refractivity (Wildman–Crippen MR) is 57.2 cm³/mol. The second-order valence-corrected chi connectivity index (χ2v) is 3.16. The highest BCUT2D eigenvalue weighted by Gasteiger charge is 2.10.